The topological polar surface area (TPSA) is 86.6 Å². The number of rotatable bonds is 4. The molecule has 0 aliphatic heterocycles. The molecular weight excluding hydrogens is 334 g/mol. The van der Waals surface area contributed by atoms with Gasteiger partial charge in [0.15, 0.2) is 0 Å². The molecular formula is C12H14BrNO4S. The smallest absolute Gasteiger partial charge is 0.306 e. The summed E-state index contributed by atoms with van der Waals surface area (Å²) in [4.78, 5) is 22.7. The Balaban J connectivity index is 1.86. The van der Waals surface area contributed by atoms with Gasteiger partial charge in [-0.15, -0.1) is 11.3 Å². The normalized spacial score (nSPS) is 26.3. The van der Waals surface area contributed by atoms with Gasteiger partial charge in [0.05, 0.1) is 21.4 Å². The molecule has 1 aromatic heterocycles. The van der Waals surface area contributed by atoms with Gasteiger partial charge in [-0.2, -0.15) is 0 Å². The van der Waals surface area contributed by atoms with Gasteiger partial charge in [-0.1, -0.05) is 0 Å². The number of aliphatic hydroxyl groups excluding tert-OH is 1. The van der Waals surface area contributed by atoms with Crippen molar-refractivity contribution in [3.63, 3.8) is 0 Å². The molecule has 0 unspecified atom stereocenters. The lowest BCUT2D eigenvalue weighted by Crippen LogP contribution is -2.32. The maximum atomic E-state index is 11.8. The highest BCUT2D eigenvalue weighted by Crippen LogP contribution is 2.31. The molecule has 0 bridgehead atoms. The second-order valence-electron chi connectivity index (χ2n) is 4.68. The van der Waals surface area contributed by atoms with Gasteiger partial charge in [-0.3, -0.25) is 9.59 Å². The van der Waals surface area contributed by atoms with Crippen LogP contribution in [0.1, 0.15) is 23.2 Å². The lowest BCUT2D eigenvalue weighted by Gasteiger charge is -2.14. The number of aliphatic hydroxyl groups is 1. The van der Waals surface area contributed by atoms with Crippen LogP contribution < -0.4 is 5.32 Å². The molecule has 3 N–H and O–H groups in total. The second-order valence-corrected chi connectivity index (χ2v) is 6.97. The Morgan fingerprint density at radius 3 is 2.74 bits per heavy atom. The molecule has 1 heterocycles. The first kappa shape index (κ1) is 14.5. The average Bonchev–Trinajstić information content (AvgIpc) is 2.93. The maximum absolute atomic E-state index is 11.8. The van der Waals surface area contributed by atoms with Crippen LogP contribution in [0, 0.1) is 11.8 Å². The van der Waals surface area contributed by atoms with Gasteiger partial charge < -0.3 is 15.5 Å². The Bertz CT molecular complexity index is 490. The number of hydrogen-bond donors (Lipinski definition) is 3. The number of halogens is 1. The first-order chi connectivity index (χ1) is 8.97. The minimum absolute atomic E-state index is 0.188. The fourth-order valence-corrected chi connectivity index (χ4v) is 3.42. The van der Waals surface area contributed by atoms with E-state index >= 15 is 0 Å². The van der Waals surface area contributed by atoms with Crippen molar-refractivity contribution >= 4 is 39.1 Å². The predicted molar refractivity (Wildman–Crippen MR) is 74.2 cm³/mol. The third-order valence-electron chi connectivity index (χ3n) is 3.36. The third-order valence-corrected chi connectivity index (χ3v) is 4.87. The van der Waals surface area contributed by atoms with E-state index in [1.54, 1.807) is 11.4 Å². The van der Waals surface area contributed by atoms with Crippen molar-refractivity contribution < 1.29 is 19.8 Å². The van der Waals surface area contributed by atoms with Gasteiger partial charge in [0, 0.05) is 17.8 Å². The highest BCUT2D eigenvalue weighted by Gasteiger charge is 2.36. The number of thiophene rings is 1. The van der Waals surface area contributed by atoms with Crippen LogP contribution >= 0.6 is 27.3 Å². The summed E-state index contributed by atoms with van der Waals surface area (Å²) in [6.07, 6.45) is 0.0138. The number of nitrogens with one attached hydrogen (secondary N) is 1. The Labute approximate surface area is 122 Å². The summed E-state index contributed by atoms with van der Waals surface area (Å²) in [5.41, 5.74) is 0.569. The van der Waals surface area contributed by atoms with Crippen molar-refractivity contribution in [1.82, 2.24) is 5.32 Å². The zero-order valence-corrected chi connectivity index (χ0v) is 12.4. The van der Waals surface area contributed by atoms with Crippen molar-refractivity contribution in [2.24, 2.45) is 11.8 Å². The lowest BCUT2D eigenvalue weighted by atomic mass is 10.0. The van der Waals surface area contributed by atoms with E-state index in [4.69, 9.17) is 5.11 Å². The molecule has 1 amide bonds. The molecule has 0 spiro atoms. The van der Waals surface area contributed by atoms with Crippen LogP contribution in [0.3, 0.4) is 0 Å². The number of aliphatic carboxylic acids is 1. The second kappa shape index (κ2) is 6.02. The van der Waals surface area contributed by atoms with Crippen LogP contribution in [0.25, 0.3) is 0 Å². The number of hydrogen-bond acceptors (Lipinski definition) is 4. The van der Waals surface area contributed by atoms with Crippen molar-refractivity contribution in [2.45, 2.75) is 18.9 Å². The van der Waals surface area contributed by atoms with E-state index < -0.39 is 18.0 Å². The quantitative estimate of drug-likeness (QED) is 0.773. The Morgan fingerprint density at radius 2 is 2.21 bits per heavy atom. The number of carbonyl (C=O) groups is 2. The third kappa shape index (κ3) is 3.55. The van der Waals surface area contributed by atoms with Gasteiger partial charge in [0.2, 0.25) is 0 Å². The Kier molecular flexibility index (Phi) is 4.59. The summed E-state index contributed by atoms with van der Waals surface area (Å²) < 4.78 is 0.879. The molecule has 3 atom stereocenters. The Hall–Kier alpha value is -0.920. The van der Waals surface area contributed by atoms with E-state index in [1.165, 1.54) is 11.3 Å². The number of carboxylic acid groups (broad SMARTS) is 1. The summed E-state index contributed by atoms with van der Waals surface area (Å²) in [5, 5.41) is 23.2. The zero-order valence-electron chi connectivity index (χ0n) is 10.0. The molecule has 0 radical (unpaired) electrons. The molecule has 1 saturated carbocycles. The number of carboxylic acids is 1. The van der Waals surface area contributed by atoms with E-state index in [1.807, 2.05) is 0 Å². The first-order valence-corrected chi connectivity index (χ1v) is 7.57. The van der Waals surface area contributed by atoms with Gasteiger partial charge in [-0.05, 0) is 34.8 Å². The SMILES string of the molecule is O=C(NC[C@H]1C[C@@H](C(=O)O)C[C@H]1O)c1csc(Br)c1. The van der Waals surface area contributed by atoms with E-state index in [0.717, 1.165) is 3.79 Å². The van der Waals surface area contributed by atoms with E-state index in [0.29, 0.717) is 18.5 Å². The summed E-state index contributed by atoms with van der Waals surface area (Å²) in [6, 6.07) is 1.73. The maximum Gasteiger partial charge on any atom is 0.306 e. The summed E-state index contributed by atoms with van der Waals surface area (Å²) in [7, 11) is 0. The van der Waals surface area contributed by atoms with Gasteiger partial charge >= 0.3 is 5.97 Å². The fourth-order valence-electron chi connectivity index (χ4n) is 2.28. The van der Waals surface area contributed by atoms with Crippen LogP contribution in [0.2, 0.25) is 0 Å². The first-order valence-electron chi connectivity index (χ1n) is 5.90. The van der Waals surface area contributed by atoms with Crippen molar-refractivity contribution in [3.05, 3.63) is 20.8 Å². The highest BCUT2D eigenvalue weighted by atomic mass is 79.9. The number of carbonyl (C=O) groups excluding carboxylic acids is 1. The minimum atomic E-state index is -0.880. The fraction of sp³-hybridized carbons (Fsp3) is 0.500. The van der Waals surface area contributed by atoms with Crippen LogP contribution in [0.4, 0.5) is 0 Å². The predicted octanol–water partition coefficient (Wildman–Crippen LogP) is 1.71. The van der Waals surface area contributed by atoms with E-state index in [2.05, 4.69) is 21.2 Å². The molecule has 7 heteroatoms. The largest absolute Gasteiger partial charge is 0.481 e. The van der Waals surface area contributed by atoms with Crippen molar-refractivity contribution in [1.29, 1.82) is 0 Å². The highest BCUT2D eigenvalue weighted by molar-refractivity contribution is 9.11. The minimum Gasteiger partial charge on any atom is -0.481 e. The van der Waals surface area contributed by atoms with Gasteiger partial charge in [0.1, 0.15) is 0 Å². The molecule has 1 aliphatic carbocycles. The molecule has 1 aliphatic rings. The Morgan fingerprint density at radius 1 is 1.47 bits per heavy atom. The van der Waals surface area contributed by atoms with Crippen LogP contribution in [-0.2, 0) is 4.79 Å². The van der Waals surface area contributed by atoms with Crippen molar-refractivity contribution in [2.75, 3.05) is 6.54 Å². The molecule has 104 valence electrons. The van der Waals surface area contributed by atoms with Crippen molar-refractivity contribution in [3.8, 4) is 0 Å². The van der Waals surface area contributed by atoms with Crippen LogP contribution in [0.5, 0.6) is 0 Å². The monoisotopic (exact) mass is 347 g/mol. The average molecular weight is 348 g/mol. The molecule has 2 rings (SSSR count). The standard InChI is InChI=1S/C12H14BrNO4S/c13-10-3-8(5-19-10)11(16)14-4-7-1-6(12(17)18)2-9(7)15/h3,5-7,9,15H,1-2,4H2,(H,14,16)(H,17,18)/t6-,7-,9-/m1/s1. The van der Waals surface area contributed by atoms with Gasteiger partial charge in [0.25, 0.3) is 5.91 Å². The molecule has 1 aromatic rings. The molecule has 0 aromatic carbocycles. The summed E-state index contributed by atoms with van der Waals surface area (Å²) in [5.74, 6) is -1.78. The van der Waals surface area contributed by atoms with Gasteiger partial charge in [-0.25, -0.2) is 0 Å². The van der Waals surface area contributed by atoms with Crippen LogP contribution in [-0.4, -0.2) is 34.7 Å². The summed E-state index contributed by atoms with van der Waals surface area (Å²) >= 11 is 4.71. The summed E-state index contributed by atoms with van der Waals surface area (Å²) in [6.45, 7) is 0.303. The molecule has 1 fully saturated rings. The number of amides is 1. The van der Waals surface area contributed by atoms with Crippen LogP contribution in [0.15, 0.2) is 15.2 Å². The molecule has 19 heavy (non-hydrogen) atoms. The lowest BCUT2D eigenvalue weighted by molar-refractivity contribution is -0.141. The molecule has 0 saturated heterocycles. The van der Waals surface area contributed by atoms with E-state index in [9.17, 15) is 14.7 Å². The zero-order chi connectivity index (χ0) is 14.0. The van der Waals surface area contributed by atoms with E-state index in [-0.39, 0.29) is 18.2 Å². The molecule has 5 nitrogen and oxygen atoms in total.